The number of ether oxygens (including phenoxy) is 2. The van der Waals surface area contributed by atoms with E-state index in [-0.39, 0.29) is 48.3 Å². The fourth-order valence-electron chi connectivity index (χ4n) is 11.9. The zero-order valence-corrected chi connectivity index (χ0v) is 48.0. The third kappa shape index (κ3) is 14.8. The molecule has 0 saturated heterocycles. The summed E-state index contributed by atoms with van der Waals surface area (Å²) in [4.78, 5) is 25.8. The zero-order valence-electron chi connectivity index (χ0n) is 47.0. The van der Waals surface area contributed by atoms with Gasteiger partial charge in [-0.3, -0.25) is 9.59 Å². The third-order valence-electron chi connectivity index (χ3n) is 15.3. The lowest BCUT2D eigenvalue weighted by Gasteiger charge is -2.43. The van der Waals surface area contributed by atoms with Crippen molar-refractivity contribution in [1.82, 2.24) is 30.0 Å². The zero-order chi connectivity index (χ0) is 52.9. The summed E-state index contributed by atoms with van der Waals surface area (Å²) < 4.78 is 23.1. The molecule has 0 radical (unpaired) electrons. The molecule has 8 rings (SSSR count). The number of aliphatic hydroxyl groups excluding tert-OH is 1. The van der Waals surface area contributed by atoms with Crippen LogP contribution in [-0.4, -0.2) is 79.8 Å². The molecular formula is C60H92N6O6Si. The molecule has 4 fully saturated rings. The Balaban J connectivity index is 0.000000239. The van der Waals surface area contributed by atoms with Crippen LogP contribution in [0.1, 0.15) is 238 Å². The topological polar surface area (TPSA) is 143 Å². The Kier molecular flexibility index (Phi) is 18.4. The number of hydrogen-bond acceptors (Lipinski definition) is 10. The van der Waals surface area contributed by atoms with Gasteiger partial charge in [-0.2, -0.15) is 0 Å². The highest BCUT2D eigenvalue weighted by Gasteiger charge is 2.50. The molecule has 2 unspecified atom stereocenters. The van der Waals surface area contributed by atoms with Crippen molar-refractivity contribution in [3.63, 3.8) is 0 Å². The first kappa shape index (κ1) is 56.5. The predicted molar refractivity (Wildman–Crippen MR) is 293 cm³/mol. The summed E-state index contributed by atoms with van der Waals surface area (Å²) in [6.07, 6.45) is 13.7. The maximum absolute atomic E-state index is 13.3. The molecule has 73 heavy (non-hydrogen) atoms. The Morgan fingerprint density at radius 3 is 1.33 bits per heavy atom. The van der Waals surface area contributed by atoms with E-state index < -0.39 is 19.5 Å². The summed E-state index contributed by atoms with van der Waals surface area (Å²) in [5, 5.41) is 30.7. The van der Waals surface area contributed by atoms with Crippen molar-refractivity contribution in [2.45, 2.75) is 232 Å². The second-order valence-corrected chi connectivity index (χ2v) is 30.5. The summed E-state index contributed by atoms with van der Waals surface area (Å²) in [5.41, 5.74) is 3.34. The van der Waals surface area contributed by atoms with Crippen LogP contribution in [-0.2, 0) is 23.5 Å². The van der Waals surface area contributed by atoms with E-state index in [1.54, 1.807) is 0 Å². The van der Waals surface area contributed by atoms with Gasteiger partial charge in [0.1, 0.15) is 11.2 Å². The first-order valence-corrected chi connectivity index (χ1v) is 30.1. The van der Waals surface area contributed by atoms with Crippen LogP contribution in [0.25, 0.3) is 0 Å². The molecule has 0 amide bonds. The van der Waals surface area contributed by atoms with Gasteiger partial charge >= 0.3 is 11.9 Å². The Morgan fingerprint density at radius 2 is 1.00 bits per heavy atom. The van der Waals surface area contributed by atoms with Gasteiger partial charge in [0.2, 0.25) is 0 Å². The summed E-state index contributed by atoms with van der Waals surface area (Å²) in [6.45, 7) is 28.1. The van der Waals surface area contributed by atoms with Crippen LogP contribution in [0.4, 0.5) is 0 Å². The van der Waals surface area contributed by atoms with E-state index in [2.05, 4.69) is 129 Å². The molecule has 0 aliphatic heterocycles. The van der Waals surface area contributed by atoms with Crippen LogP contribution in [0.3, 0.4) is 0 Å². The molecule has 2 aromatic carbocycles. The Bertz CT molecular complexity index is 2340. The smallest absolute Gasteiger partial charge is 0.306 e. The van der Waals surface area contributed by atoms with Gasteiger partial charge in [-0.15, -0.1) is 10.2 Å². The van der Waals surface area contributed by atoms with Crippen LogP contribution >= 0.6 is 0 Å². The molecule has 1 N–H and O–H groups in total. The van der Waals surface area contributed by atoms with Crippen molar-refractivity contribution < 1.29 is 28.6 Å². The lowest BCUT2D eigenvalue weighted by atomic mass is 9.75. The average molecular weight is 1020 g/mol. The maximum atomic E-state index is 13.3. The number of esters is 2. The Labute approximate surface area is 439 Å². The van der Waals surface area contributed by atoms with E-state index in [1.807, 2.05) is 41.5 Å². The van der Waals surface area contributed by atoms with Gasteiger partial charge in [-0.05, 0) is 158 Å². The van der Waals surface area contributed by atoms with Crippen LogP contribution < -0.4 is 10.4 Å². The van der Waals surface area contributed by atoms with Gasteiger partial charge in [0, 0.05) is 36.9 Å². The average Bonchev–Trinajstić information content (AvgIpc) is 4.21. The van der Waals surface area contributed by atoms with Gasteiger partial charge in [-0.1, -0.05) is 120 Å². The van der Waals surface area contributed by atoms with Crippen molar-refractivity contribution in [2.24, 2.45) is 23.7 Å². The van der Waals surface area contributed by atoms with Crippen molar-refractivity contribution in [2.75, 3.05) is 13.2 Å². The van der Waals surface area contributed by atoms with Crippen molar-refractivity contribution in [3.05, 3.63) is 83.4 Å². The highest BCUT2D eigenvalue weighted by molar-refractivity contribution is 6.99. The molecule has 4 aliphatic carbocycles. The summed E-state index contributed by atoms with van der Waals surface area (Å²) in [7, 11) is -2.71. The number of nitrogens with zero attached hydrogens (tertiary/aromatic N) is 6. The van der Waals surface area contributed by atoms with E-state index in [0.29, 0.717) is 43.4 Å². The van der Waals surface area contributed by atoms with Crippen molar-refractivity contribution in [1.29, 1.82) is 0 Å². The maximum Gasteiger partial charge on any atom is 0.306 e. The van der Waals surface area contributed by atoms with Crippen LogP contribution in [0.5, 0.6) is 0 Å². The van der Waals surface area contributed by atoms with Gasteiger partial charge in [-0.25, -0.2) is 9.36 Å². The fraction of sp³-hybridized carbons (Fsp3) is 0.700. The number of aromatic nitrogens is 6. The lowest BCUT2D eigenvalue weighted by Crippen LogP contribution is -2.66. The number of rotatable bonds is 22. The molecule has 4 aliphatic rings. The van der Waals surface area contributed by atoms with E-state index in [0.717, 1.165) is 35.1 Å². The minimum atomic E-state index is -2.71. The molecule has 13 heteroatoms. The second-order valence-electron chi connectivity index (χ2n) is 26.2. The fourth-order valence-corrected chi connectivity index (χ4v) is 16.5. The molecule has 402 valence electrons. The number of hydrogen-bond donors (Lipinski definition) is 1. The normalized spacial score (nSPS) is 21.2. The first-order valence-electron chi connectivity index (χ1n) is 28.2. The first-order chi connectivity index (χ1) is 34.5. The largest absolute Gasteiger partial charge is 0.460 e. The molecule has 2 aromatic heterocycles. The molecule has 0 spiro atoms. The molecular weight excluding hydrogens is 929 g/mol. The predicted octanol–water partition coefficient (Wildman–Crippen LogP) is 12.3. The Morgan fingerprint density at radius 1 is 0.616 bits per heavy atom. The number of carbonyl (C=O) groups excluding carboxylic acids is 2. The molecule has 4 aromatic rings. The lowest BCUT2D eigenvalue weighted by molar-refractivity contribution is -0.156. The minimum absolute atomic E-state index is 0.0321. The van der Waals surface area contributed by atoms with Gasteiger partial charge < -0.3 is 19.0 Å². The van der Waals surface area contributed by atoms with Crippen molar-refractivity contribution in [3.8, 4) is 0 Å². The van der Waals surface area contributed by atoms with Gasteiger partial charge in [0.15, 0.2) is 0 Å². The van der Waals surface area contributed by atoms with E-state index in [9.17, 15) is 14.7 Å². The highest BCUT2D eigenvalue weighted by atomic mass is 28.4. The van der Waals surface area contributed by atoms with Crippen LogP contribution in [0.2, 0.25) is 5.04 Å². The number of carbonyl (C=O) groups is 2. The molecule has 12 nitrogen and oxygen atoms in total. The third-order valence-corrected chi connectivity index (χ3v) is 20.3. The van der Waals surface area contributed by atoms with Gasteiger partial charge in [0.05, 0.1) is 47.7 Å². The molecule has 2 heterocycles. The Hall–Kier alpha value is -4.20. The highest BCUT2D eigenvalue weighted by Crippen LogP contribution is 2.50. The van der Waals surface area contributed by atoms with Gasteiger partial charge in [0.25, 0.3) is 8.32 Å². The van der Waals surface area contributed by atoms with Crippen molar-refractivity contribution >= 4 is 30.6 Å². The second kappa shape index (κ2) is 23.8. The molecule has 2 atom stereocenters. The van der Waals surface area contributed by atoms with Crippen LogP contribution in [0, 0.1) is 23.7 Å². The SMILES string of the molecule is CC(C)CC1CC(n2nnc(C(CCO)CC(=O)OC(C)(C)C)c2C2CC2)C1.CC(C)CC1CC(n2nnc(C(CCO[Si](c3ccccc3)(c3ccccc3)C(C)(C)C)CC(=O)OC(C)(C)C)c2C2CC2)C1. The van der Waals surface area contributed by atoms with E-state index in [1.165, 1.54) is 86.0 Å². The standard InChI is InChI=1S/C38H55N3O3Si.C22H37N3O3/c1-27(2)23-28-24-31(25-28)41-36(29-19-20-29)35(39-40-41)30(26-34(42)44-37(3,4)5)21-22-43-45(38(6,7)8,32-15-11-9-12-16-32)33-17-13-10-14-18-33;1-14(2)10-15-11-18(12-15)25-21(16-6-7-16)20(23-24-25)17(8-9-26)13-19(27)28-22(3,4)5/h9-18,27-31H,19-26H2,1-8H3;14-18,26H,6-13H2,1-5H3. The number of benzene rings is 2. The number of aliphatic hydroxyl groups is 1. The monoisotopic (exact) mass is 1020 g/mol. The van der Waals surface area contributed by atoms with Crippen LogP contribution in [0.15, 0.2) is 60.7 Å². The molecule has 0 bridgehead atoms. The summed E-state index contributed by atoms with van der Waals surface area (Å²) in [6, 6.07) is 22.4. The van der Waals surface area contributed by atoms with E-state index in [4.69, 9.17) is 24.2 Å². The minimum Gasteiger partial charge on any atom is -0.460 e. The van der Waals surface area contributed by atoms with E-state index >= 15 is 0 Å². The summed E-state index contributed by atoms with van der Waals surface area (Å²) in [5.74, 6) is 3.35. The molecule has 4 saturated carbocycles. The quantitative estimate of drug-likeness (QED) is 0.0597. The summed E-state index contributed by atoms with van der Waals surface area (Å²) >= 11 is 0.